The van der Waals surface area contributed by atoms with Gasteiger partial charge in [-0.05, 0) is 73.2 Å². The molecular weight excluding hydrogens is 242 g/mol. The van der Waals surface area contributed by atoms with Crippen molar-refractivity contribution in [2.45, 2.75) is 41.2 Å². The maximum Gasteiger partial charge on any atom is 0.0211 e. The third-order valence-electron chi connectivity index (χ3n) is 4.22. The zero-order chi connectivity index (χ0) is 14.7. The van der Waals surface area contributed by atoms with Gasteiger partial charge in [0.25, 0.3) is 0 Å². The Hall–Kier alpha value is -1.60. The Morgan fingerprint density at radius 2 is 1.50 bits per heavy atom. The summed E-state index contributed by atoms with van der Waals surface area (Å²) in [6.45, 7) is 13.0. The van der Waals surface area contributed by atoms with Crippen molar-refractivity contribution in [3.63, 3.8) is 0 Å². The van der Waals surface area contributed by atoms with Gasteiger partial charge in [-0.1, -0.05) is 37.3 Å². The number of hydrogen-bond acceptors (Lipinski definition) is 1. The van der Waals surface area contributed by atoms with Crippen LogP contribution in [0.3, 0.4) is 0 Å². The van der Waals surface area contributed by atoms with Gasteiger partial charge in [0.05, 0.1) is 0 Å². The topological polar surface area (TPSA) is 12.0 Å². The monoisotopic (exact) mass is 267 g/mol. The summed E-state index contributed by atoms with van der Waals surface area (Å²) in [4.78, 5) is 0. The van der Waals surface area contributed by atoms with E-state index in [1.54, 1.807) is 0 Å². The largest absolute Gasteiger partial charge is 0.313 e. The highest BCUT2D eigenvalue weighted by atomic mass is 14.8. The van der Waals surface area contributed by atoms with Gasteiger partial charge < -0.3 is 5.32 Å². The molecule has 0 aliphatic rings. The fraction of sp³-hybridized carbons (Fsp3) is 0.368. The van der Waals surface area contributed by atoms with E-state index in [0.717, 1.165) is 13.1 Å². The maximum atomic E-state index is 3.44. The molecule has 0 unspecified atom stereocenters. The van der Waals surface area contributed by atoms with Crippen molar-refractivity contribution in [1.29, 1.82) is 0 Å². The summed E-state index contributed by atoms with van der Waals surface area (Å²) in [5.74, 6) is 0. The normalized spacial score (nSPS) is 10.8. The highest BCUT2D eigenvalue weighted by Crippen LogP contribution is 2.33. The van der Waals surface area contributed by atoms with Gasteiger partial charge in [-0.15, -0.1) is 0 Å². The molecule has 0 radical (unpaired) electrons. The third-order valence-corrected chi connectivity index (χ3v) is 4.22. The maximum absolute atomic E-state index is 3.44. The van der Waals surface area contributed by atoms with Crippen LogP contribution in [0.5, 0.6) is 0 Å². The predicted molar refractivity (Wildman–Crippen MR) is 88.2 cm³/mol. The number of rotatable bonds is 4. The summed E-state index contributed by atoms with van der Waals surface area (Å²) in [5.41, 5.74) is 9.72. The first-order chi connectivity index (χ1) is 9.56. The third kappa shape index (κ3) is 2.78. The van der Waals surface area contributed by atoms with Crippen LogP contribution in [0.4, 0.5) is 0 Å². The fourth-order valence-electron chi connectivity index (χ4n) is 2.80. The second-order valence-electron chi connectivity index (χ2n) is 5.57. The first-order valence-corrected chi connectivity index (χ1v) is 7.42. The van der Waals surface area contributed by atoms with E-state index < -0.39 is 0 Å². The summed E-state index contributed by atoms with van der Waals surface area (Å²) in [6, 6.07) is 11.0. The predicted octanol–water partition coefficient (Wildman–Crippen LogP) is 4.70. The molecule has 0 aliphatic carbocycles. The summed E-state index contributed by atoms with van der Waals surface area (Å²) in [6.07, 6.45) is 0. The molecule has 0 aromatic heterocycles. The van der Waals surface area contributed by atoms with E-state index in [1.165, 1.54) is 38.9 Å². The number of aryl methyl sites for hydroxylation is 2. The van der Waals surface area contributed by atoms with Crippen LogP contribution < -0.4 is 5.32 Å². The summed E-state index contributed by atoms with van der Waals surface area (Å²) < 4.78 is 0. The van der Waals surface area contributed by atoms with Crippen LogP contribution in [0.2, 0.25) is 0 Å². The van der Waals surface area contributed by atoms with Crippen molar-refractivity contribution in [1.82, 2.24) is 5.32 Å². The number of nitrogens with one attached hydrogen (secondary N) is 1. The smallest absolute Gasteiger partial charge is 0.0211 e. The van der Waals surface area contributed by atoms with Crippen molar-refractivity contribution in [3.8, 4) is 11.1 Å². The lowest BCUT2D eigenvalue weighted by Crippen LogP contribution is -2.12. The minimum Gasteiger partial charge on any atom is -0.313 e. The summed E-state index contributed by atoms with van der Waals surface area (Å²) in [7, 11) is 0. The molecule has 0 fully saturated rings. The molecule has 1 nitrogen and oxygen atoms in total. The lowest BCUT2D eigenvalue weighted by molar-refractivity contribution is 0.728. The summed E-state index contributed by atoms with van der Waals surface area (Å²) in [5, 5.41) is 3.44. The summed E-state index contributed by atoms with van der Waals surface area (Å²) >= 11 is 0. The Kier molecular flexibility index (Phi) is 4.61. The van der Waals surface area contributed by atoms with Gasteiger partial charge in [0.15, 0.2) is 0 Å². The van der Waals surface area contributed by atoms with Crippen LogP contribution in [-0.2, 0) is 6.54 Å². The quantitative estimate of drug-likeness (QED) is 0.847. The molecule has 1 heteroatoms. The SMILES string of the molecule is CCNCc1ccccc1-c1c(C)c(C)cc(C)c1C. The highest BCUT2D eigenvalue weighted by Gasteiger charge is 2.13. The molecule has 0 aliphatic heterocycles. The lowest BCUT2D eigenvalue weighted by Gasteiger charge is -2.18. The van der Waals surface area contributed by atoms with E-state index in [4.69, 9.17) is 0 Å². The first kappa shape index (κ1) is 14.8. The Morgan fingerprint density at radius 1 is 0.900 bits per heavy atom. The number of hydrogen-bond donors (Lipinski definition) is 1. The second kappa shape index (κ2) is 6.23. The van der Waals surface area contributed by atoms with E-state index in [0.29, 0.717) is 0 Å². The van der Waals surface area contributed by atoms with Crippen LogP contribution in [0.15, 0.2) is 30.3 Å². The molecule has 0 bridgehead atoms. The minimum absolute atomic E-state index is 0.929. The molecular formula is C19H25N. The molecule has 0 amide bonds. The van der Waals surface area contributed by atoms with E-state index in [9.17, 15) is 0 Å². The number of benzene rings is 2. The Balaban J connectivity index is 2.63. The molecule has 0 atom stereocenters. The molecule has 0 saturated carbocycles. The average molecular weight is 267 g/mol. The molecule has 1 N–H and O–H groups in total. The molecule has 106 valence electrons. The van der Waals surface area contributed by atoms with E-state index in [-0.39, 0.29) is 0 Å². The average Bonchev–Trinajstić information content (AvgIpc) is 2.44. The molecule has 2 aromatic rings. The van der Waals surface area contributed by atoms with Gasteiger partial charge >= 0.3 is 0 Å². The van der Waals surface area contributed by atoms with E-state index in [2.05, 4.69) is 70.3 Å². The van der Waals surface area contributed by atoms with Crippen molar-refractivity contribution >= 4 is 0 Å². The van der Waals surface area contributed by atoms with Crippen molar-refractivity contribution in [2.75, 3.05) is 6.54 Å². The van der Waals surface area contributed by atoms with Gasteiger partial charge in [-0.3, -0.25) is 0 Å². The molecule has 0 spiro atoms. The molecule has 0 saturated heterocycles. The molecule has 2 rings (SSSR count). The van der Waals surface area contributed by atoms with Gasteiger partial charge in [0.1, 0.15) is 0 Å². The van der Waals surface area contributed by atoms with Crippen LogP contribution >= 0.6 is 0 Å². The van der Waals surface area contributed by atoms with Gasteiger partial charge in [-0.2, -0.15) is 0 Å². The molecule has 2 aromatic carbocycles. The minimum atomic E-state index is 0.929. The van der Waals surface area contributed by atoms with Crippen LogP contribution in [0.1, 0.15) is 34.7 Å². The Morgan fingerprint density at radius 3 is 2.10 bits per heavy atom. The van der Waals surface area contributed by atoms with Crippen molar-refractivity contribution in [2.24, 2.45) is 0 Å². The Labute approximate surface area is 123 Å². The Bertz CT molecular complexity index is 585. The van der Waals surface area contributed by atoms with Crippen LogP contribution in [0, 0.1) is 27.7 Å². The lowest BCUT2D eigenvalue weighted by atomic mass is 9.87. The zero-order valence-electron chi connectivity index (χ0n) is 13.3. The van der Waals surface area contributed by atoms with Crippen LogP contribution in [0.25, 0.3) is 11.1 Å². The van der Waals surface area contributed by atoms with Gasteiger partial charge in [0.2, 0.25) is 0 Å². The van der Waals surface area contributed by atoms with Gasteiger partial charge in [-0.25, -0.2) is 0 Å². The second-order valence-corrected chi connectivity index (χ2v) is 5.57. The van der Waals surface area contributed by atoms with E-state index >= 15 is 0 Å². The molecule has 0 heterocycles. The van der Waals surface area contributed by atoms with Crippen molar-refractivity contribution in [3.05, 3.63) is 58.1 Å². The van der Waals surface area contributed by atoms with Crippen molar-refractivity contribution < 1.29 is 0 Å². The highest BCUT2D eigenvalue weighted by molar-refractivity contribution is 5.76. The molecule has 20 heavy (non-hydrogen) atoms. The zero-order valence-corrected chi connectivity index (χ0v) is 13.3. The standard InChI is InChI=1S/C19H25N/c1-6-20-12-17-9-7-8-10-18(17)19-15(4)13(2)11-14(3)16(19)5/h7-11,20H,6,12H2,1-5H3. The van der Waals surface area contributed by atoms with Crippen LogP contribution in [-0.4, -0.2) is 6.54 Å². The first-order valence-electron chi connectivity index (χ1n) is 7.42. The van der Waals surface area contributed by atoms with Gasteiger partial charge in [0, 0.05) is 6.54 Å². The van der Waals surface area contributed by atoms with E-state index in [1.807, 2.05) is 0 Å². The fourth-order valence-corrected chi connectivity index (χ4v) is 2.80.